The predicted molar refractivity (Wildman–Crippen MR) is 122 cm³/mol. The second-order valence-electron chi connectivity index (χ2n) is 6.90. The number of rotatable bonds is 5. The van der Waals surface area contributed by atoms with Gasteiger partial charge in [-0.2, -0.15) is 0 Å². The predicted octanol–water partition coefficient (Wildman–Crippen LogP) is 4.36. The Bertz CT molecular complexity index is 1540. The smallest absolute Gasteiger partial charge is 0.262 e. The minimum Gasteiger partial charge on any atom is -0.467 e. The fraction of sp³-hybridized carbons (Fsp3) is 0.143. The first-order valence-corrected chi connectivity index (χ1v) is 11.6. The summed E-state index contributed by atoms with van der Waals surface area (Å²) in [6.45, 7) is 2.12. The van der Waals surface area contributed by atoms with Crippen LogP contribution in [0.3, 0.4) is 0 Å². The third-order valence-electron chi connectivity index (χ3n) is 4.75. The Morgan fingerprint density at radius 1 is 1.19 bits per heavy atom. The molecule has 5 rings (SSSR count). The molecule has 10 heteroatoms. The first-order chi connectivity index (χ1) is 15.0. The number of nitrogens with zero attached hydrogens (tertiary/aromatic N) is 4. The second kappa shape index (κ2) is 7.99. The Labute approximate surface area is 189 Å². The fourth-order valence-electron chi connectivity index (χ4n) is 3.30. The van der Waals surface area contributed by atoms with E-state index in [2.05, 4.69) is 9.97 Å². The number of fused-ring (bicyclic) bond motifs is 2. The van der Waals surface area contributed by atoms with Gasteiger partial charge in [-0.3, -0.25) is 18.6 Å². The second-order valence-corrected chi connectivity index (χ2v) is 9.11. The number of benzene rings is 1. The third kappa shape index (κ3) is 3.80. The van der Waals surface area contributed by atoms with Gasteiger partial charge in [0.25, 0.3) is 11.1 Å². The van der Waals surface area contributed by atoms with Crippen LogP contribution in [0.25, 0.3) is 15.9 Å². The lowest BCUT2D eigenvalue weighted by Crippen LogP contribution is -2.24. The summed E-state index contributed by atoms with van der Waals surface area (Å²) in [6, 6.07) is 10.1. The van der Waals surface area contributed by atoms with E-state index in [0.717, 1.165) is 5.69 Å². The molecule has 0 bridgehead atoms. The molecule has 31 heavy (non-hydrogen) atoms. The van der Waals surface area contributed by atoms with Crippen LogP contribution in [0.2, 0.25) is 5.02 Å². The Hall–Kier alpha value is -2.88. The molecule has 0 saturated carbocycles. The van der Waals surface area contributed by atoms with Crippen LogP contribution in [0.5, 0.6) is 0 Å². The monoisotopic (exact) mass is 470 g/mol. The number of thiazole rings is 1. The number of thioether (sulfide) groups is 1. The molecule has 156 valence electrons. The van der Waals surface area contributed by atoms with Crippen molar-refractivity contribution in [2.45, 2.75) is 24.4 Å². The van der Waals surface area contributed by atoms with Crippen LogP contribution in [-0.2, 0) is 12.3 Å². The number of hydrogen-bond acceptors (Lipinski definition) is 7. The highest BCUT2D eigenvalue weighted by Crippen LogP contribution is 2.24. The van der Waals surface area contributed by atoms with Gasteiger partial charge >= 0.3 is 0 Å². The zero-order valence-electron chi connectivity index (χ0n) is 16.2. The average molecular weight is 471 g/mol. The number of hydrogen-bond donors (Lipinski definition) is 0. The summed E-state index contributed by atoms with van der Waals surface area (Å²) in [6.07, 6.45) is 1.57. The van der Waals surface area contributed by atoms with Gasteiger partial charge in [0.05, 0.1) is 29.4 Å². The summed E-state index contributed by atoms with van der Waals surface area (Å²) < 4.78 is 8.59. The van der Waals surface area contributed by atoms with Crippen molar-refractivity contribution in [2.75, 3.05) is 0 Å². The van der Waals surface area contributed by atoms with Crippen LogP contribution < -0.4 is 11.1 Å². The Morgan fingerprint density at radius 3 is 2.87 bits per heavy atom. The highest BCUT2D eigenvalue weighted by Gasteiger charge is 2.15. The van der Waals surface area contributed by atoms with E-state index in [-0.39, 0.29) is 17.7 Å². The normalized spacial score (nSPS) is 11.5. The Kier molecular flexibility index (Phi) is 5.17. The van der Waals surface area contributed by atoms with Crippen molar-refractivity contribution in [3.05, 3.63) is 90.9 Å². The van der Waals surface area contributed by atoms with Gasteiger partial charge in [-0.05, 0) is 37.3 Å². The lowest BCUT2D eigenvalue weighted by atomic mass is 10.2. The molecule has 0 amide bonds. The quantitative estimate of drug-likeness (QED) is 0.280. The molecule has 0 aliphatic rings. The minimum atomic E-state index is -0.182. The molecule has 0 fully saturated rings. The summed E-state index contributed by atoms with van der Waals surface area (Å²) in [5.41, 5.74) is 1.70. The molecule has 4 heterocycles. The van der Waals surface area contributed by atoms with Crippen LogP contribution >= 0.6 is 34.7 Å². The third-order valence-corrected chi connectivity index (χ3v) is 6.94. The van der Waals surface area contributed by atoms with Crippen molar-refractivity contribution in [3.8, 4) is 0 Å². The highest BCUT2D eigenvalue weighted by atomic mass is 35.5. The number of furan rings is 1. The molecule has 0 unspecified atom stereocenters. The molecule has 0 atom stereocenters. The number of aromatic nitrogens is 4. The Morgan fingerprint density at radius 2 is 2.06 bits per heavy atom. The minimum absolute atomic E-state index is 0.120. The first-order valence-electron chi connectivity index (χ1n) is 9.31. The van der Waals surface area contributed by atoms with Crippen LogP contribution in [0, 0.1) is 6.92 Å². The first kappa shape index (κ1) is 20.0. The highest BCUT2D eigenvalue weighted by molar-refractivity contribution is 7.98. The van der Waals surface area contributed by atoms with E-state index < -0.39 is 0 Å². The van der Waals surface area contributed by atoms with E-state index in [1.54, 1.807) is 39.5 Å². The SMILES string of the molecule is Cc1csc2nc(CSc3nc4cc(Cl)ccc4c(=O)n3Cc3ccco3)cc(=O)n12. The van der Waals surface area contributed by atoms with E-state index in [1.165, 1.54) is 29.2 Å². The maximum atomic E-state index is 13.2. The lowest BCUT2D eigenvalue weighted by molar-refractivity contribution is 0.476. The van der Waals surface area contributed by atoms with Gasteiger partial charge in [-0.15, -0.1) is 11.3 Å². The maximum Gasteiger partial charge on any atom is 0.262 e. The molecule has 0 spiro atoms. The maximum absolute atomic E-state index is 13.2. The number of halogens is 1. The molecule has 1 aromatic carbocycles. The van der Waals surface area contributed by atoms with Crippen LogP contribution in [0.1, 0.15) is 17.1 Å². The summed E-state index contributed by atoms with van der Waals surface area (Å²) in [5, 5.41) is 3.39. The van der Waals surface area contributed by atoms with E-state index >= 15 is 0 Å². The molecule has 5 aromatic rings. The average Bonchev–Trinajstić information content (AvgIpc) is 3.38. The molecule has 0 radical (unpaired) electrons. The van der Waals surface area contributed by atoms with Crippen LogP contribution in [0.15, 0.2) is 67.2 Å². The lowest BCUT2D eigenvalue weighted by Gasteiger charge is -2.12. The molecule has 0 aliphatic carbocycles. The summed E-state index contributed by atoms with van der Waals surface area (Å²) in [5.74, 6) is 1.03. The zero-order chi connectivity index (χ0) is 21.5. The van der Waals surface area contributed by atoms with Crippen molar-refractivity contribution in [2.24, 2.45) is 0 Å². The number of aryl methyl sites for hydroxylation is 1. The van der Waals surface area contributed by atoms with E-state index in [1.807, 2.05) is 18.4 Å². The van der Waals surface area contributed by atoms with Gasteiger partial charge < -0.3 is 4.42 Å². The molecule has 4 aromatic heterocycles. The Balaban J connectivity index is 1.56. The molecule has 0 N–H and O–H groups in total. The zero-order valence-corrected chi connectivity index (χ0v) is 18.6. The molecule has 7 nitrogen and oxygen atoms in total. The van der Waals surface area contributed by atoms with Crippen LogP contribution in [0.4, 0.5) is 0 Å². The van der Waals surface area contributed by atoms with E-state index in [4.69, 9.17) is 16.0 Å². The van der Waals surface area contributed by atoms with Gasteiger partial charge in [-0.25, -0.2) is 9.97 Å². The summed E-state index contributed by atoms with van der Waals surface area (Å²) >= 11 is 8.87. The van der Waals surface area contributed by atoms with Crippen molar-refractivity contribution < 1.29 is 4.42 Å². The van der Waals surface area contributed by atoms with E-state index in [9.17, 15) is 9.59 Å². The summed E-state index contributed by atoms with van der Waals surface area (Å²) in [4.78, 5) is 35.5. The van der Waals surface area contributed by atoms with Crippen molar-refractivity contribution >= 4 is 50.6 Å². The van der Waals surface area contributed by atoms with E-state index in [0.29, 0.717) is 43.2 Å². The van der Waals surface area contributed by atoms with Gasteiger partial charge in [0.15, 0.2) is 10.1 Å². The molecule has 0 aliphatic heterocycles. The topological polar surface area (TPSA) is 82.4 Å². The van der Waals surface area contributed by atoms with Gasteiger partial charge in [0, 0.05) is 27.9 Å². The molecule has 0 saturated heterocycles. The van der Waals surface area contributed by atoms with Crippen molar-refractivity contribution in [1.82, 2.24) is 18.9 Å². The van der Waals surface area contributed by atoms with Crippen molar-refractivity contribution in [3.63, 3.8) is 0 Å². The van der Waals surface area contributed by atoms with Crippen LogP contribution in [-0.4, -0.2) is 18.9 Å². The fourth-order valence-corrected chi connectivity index (χ4v) is 5.24. The van der Waals surface area contributed by atoms with Crippen molar-refractivity contribution in [1.29, 1.82) is 0 Å². The van der Waals surface area contributed by atoms with Gasteiger partial charge in [0.1, 0.15) is 5.76 Å². The standard InChI is InChI=1S/C21H15ClN4O3S2/c1-12-10-30-21-23-14(8-18(27)26(12)21)11-31-20-24-17-7-13(22)4-5-16(17)19(28)25(20)9-15-3-2-6-29-15/h2-8,10H,9,11H2,1H3. The van der Waals surface area contributed by atoms with Gasteiger partial charge in [0.2, 0.25) is 0 Å². The molecular weight excluding hydrogens is 456 g/mol. The summed E-state index contributed by atoms with van der Waals surface area (Å²) in [7, 11) is 0. The van der Waals surface area contributed by atoms with Gasteiger partial charge in [-0.1, -0.05) is 23.4 Å². The largest absolute Gasteiger partial charge is 0.467 e. The molecular formula is C21H15ClN4O3S2.